The van der Waals surface area contributed by atoms with E-state index in [1.54, 1.807) is 0 Å². The standard InChI is InChI=1S/C15H20N2/c1-11(9-15(16)7-8-15)13-10-17(2)14-6-4-3-5-12(13)14/h3-6,10-11H,7-9,16H2,1-2H3. The van der Waals surface area contributed by atoms with Crippen LogP contribution in [0.15, 0.2) is 30.5 Å². The summed E-state index contributed by atoms with van der Waals surface area (Å²) in [5.74, 6) is 0.550. The van der Waals surface area contributed by atoms with Gasteiger partial charge in [-0.15, -0.1) is 0 Å². The summed E-state index contributed by atoms with van der Waals surface area (Å²) < 4.78 is 2.22. The molecule has 0 spiro atoms. The highest BCUT2D eigenvalue weighted by Crippen LogP contribution is 2.42. The molecule has 17 heavy (non-hydrogen) atoms. The molecule has 0 aliphatic heterocycles. The molecular weight excluding hydrogens is 208 g/mol. The molecule has 1 saturated carbocycles. The monoisotopic (exact) mass is 228 g/mol. The van der Waals surface area contributed by atoms with Crippen LogP contribution < -0.4 is 5.73 Å². The fourth-order valence-electron chi connectivity index (χ4n) is 2.85. The number of rotatable bonds is 3. The van der Waals surface area contributed by atoms with Crippen molar-refractivity contribution in [2.75, 3.05) is 0 Å². The van der Waals surface area contributed by atoms with Crippen LogP contribution in [-0.2, 0) is 7.05 Å². The molecule has 1 fully saturated rings. The van der Waals surface area contributed by atoms with E-state index in [1.807, 2.05) is 0 Å². The minimum atomic E-state index is 0.135. The maximum Gasteiger partial charge on any atom is 0.0480 e. The number of aryl methyl sites for hydroxylation is 1. The van der Waals surface area contributed by atoms with Gasteiger partial charge in [0.15, 0.2) is 0 Å². The Labute approximate surface area is 102 Å². The van der Waals surface area contributed by atoms with E-state index in [-0.39, 0.29) is 5.54 Å². The fraction of sp³-hybridized carbons (Fsp3) is 0.467. The molecule has 1 heterocycles. The lowest BCUT2D eigenvalue weighted by Crippen LogP contribution is -2.23. The second kappa shape index (κ2) is 3.61. The number of hydrogen-bond acceptors (Lipinski definition) is 1. The lowest BCUT2D eigenvalue weighted by molar-refractivity contribution is 0.543. The van der Waals surface area contributed by atoms with Crippen LogP contribution in [-0.4, -0.2) is 10.1 Å². The smallest absolute Gasteiger partial charge is 0.0480 e. The molecule has 0 amide bonds. The Morgan fingerprint density at radius 3 is 2.76 bits per heavy atom. The van der Waals surface area contributed by atoms with Crippen molar-refractivity contribution >= 4 is 10.9 Å². The van der Waals surface area contributed by atoms with Gasteiger partial charge in [0.05, 0.1) is 0 Å². The molecule has 1 atom stereocenters. The quantitative estimate of drug-likeness (QED) is 0.859. The maximum atomic E-state index is 6.23. The van der Waals surface area contributed by atoms with Crippen molar-refractivity contribution < 1.29 is 0 Å². The zero-order valence-corrected chi connectivity index (χ0v) is 10.6. The molecular formula is C15H20N2. The molecule has 2 nitrogen and oxygen atoms in total. The molecule has 2 heteroatoms. The van der Waals surface area contributed by atoms with Gasteiger partial charge in [-0.2, -0.15) is 0 Å². The minimum Gasteiger partial charge on any atom is -0.350 e. The number of fused-ring (bicyclic) bond motifs is 1. The highest BCUT2D eigenvalue weighted by atomic mass is 14.9. The lowest BCUT2D eigenvalue weighted by atomic mass is 9.93. The highest BCUT2D eigenvalue weighted by molar-refractivity contribution is 5.84. The molecule has 1 aliphatic carbocycles. The van der Waals surface area contributed by atoms with Gasteiger partial charge in [-0.25, -0.2) is 0 Å². The Morgan fingerprint density at radius 2 is 2.06 bits per heavy atom. The van der Waals surface area contributed by atoms with Crippen molar-refractivity contribution in [1.29, 1.82) is 0 Å². The third-order valence-electron chi connectivity index (χ3n) is 4.06. The summed E-state index contributed by atoms with van der Waals surface area (Å²) in [4.78, 5) is 0. The van der Waals surface area contributed by atoms with Crippen LogP contribution >= 0.6 is 0 Å². The van der Waals surface area contributed by atoms with Gasteiger partial charge >= 0.3 is 0 Å². The average molecular weight is 228 g/mol. The predicted octanol–water partition coefficient (Wildman–Crippen LogP) is 3.16. The Balaban J connectivity index is 1.99. The van der Waals surface area contributed by atoms with Gasteiger partial charge in [-0.05, 0) is 36.8 Å². The molecule has 0 bridgehead atoms. The minimum absolute atomic E-state index is 0.135. The van der Waals surface area contributed by atoms with Crippen molar-refractivity contribution in [2.24, 2.45) is 12.8 Å². The summed E-state index contributed by atoms with van der Waals surface area (Å²) in [6.07, 6.45) is 5.77. The van der Waals surface area contributed by atoms with Crippen LogP contribution in [0.2, 0.25) is 0 Å². The molecule has 0 radical (unpaired) electrons. The number of nitrogens with zero attached hydrogens (tertiary/aromatic N) is 1. The largest absolute Gasteiger partial charge is 0.350 e. The maximum absolute atomic E-state index is 6.23. The SMILES string of the molecule is CC(CC1(N)CC1)c1cn(C)c2ccccc12. The Kier molecular flexibility index (Phi) is 2.30. The van der Waals surface area contributed by atoms with E-state index in [2.05, 4.69) is 49.0 Å². The number of aromatic nitrogens is 1. The third-order valence-corrected chi connectivity index (χ3v) is 4.06. The Bertz CT molecular complexity index is 549. The van der Waals surface area contributed by atoms with Gasteiger partial charge < -0.3 is 10.3 Å². The second-order valence-corrected chi connectivity index (χ2v) is 5.68. The second-order valence-electron chi connectivity index (χ2n) is 5.68. The molecule has 1 aromatic heterocycles. The van der Waals surface area contributed by atoms with Crippen LogP contribution in [0.4, 0.5) is 0 Å². The van der Waals surface area contributed by atoms with E-state index >= 15 is 0 Å². The van der Waals surface area contributed by atoms with Gasteiger partial charge in [0.25, 0.3) is 0 Å². The number of hydrogen-bond donors (Lipinski definition) is 1. The first-order valence-electron chi connectivity index (χ1n) is 6.42. The average Bonchev–Trinajstić information content (AvgIpc) is 2.92. The van der Waals surface area contributed by atoms with Crippen LogP contribution in [0.1, 0.15) is 37.7 Å². The van der Waals surface area contributed by atoms with E-state index in [0.29, 0.717) is 5.92 Å². The van der Waals surface area contributed by atoms with Gasteiger partial charge in [-0.3, -0.25) is 0 Å². The van der Waals surface area contributed by atoms with Crippen molar-refractivity contribution in [3.05, 3.63) is 36.0 Å². The molecule has 1 aromatic carbocycles. The fourth-order valence-corrected chi connectivity index (χ4v) is 2.85. The van der Waals surface area contributed by atoms with E-state index in [1.165, 1.54) is 29.3 Å². The number of para-hydroxylation sites is 1. The number of nitrogens with two attached hydrogens (primary N) is 1. The van der Waals surface area contributed by atoms with Crippen molar-refractivity contribution in [3.63, 3.8) is 0 Å². The van der Waals surface area contributed by atoms with Crippen LogP contribution in [0.25, 0.3) is 10.9 Å². The first-order chi connectivity index (χ1) is 8.09. The first-order valence-corrected chi connectivity index (χ1v) is 6.42. The Morgan fingerprint density at radius 1 is 1.35 bits per heavy atom. The highest BCUT2D eigenvalue weighted by Gasteiger charge is 2.39. The van der Waals surface area contributed by atoms with Gasteiger partial charge in [-0.1, -0.05) is 25.1 Å². The van der Waals surface area contributed by atoms with E-state index in [4.69, 9.17) is 5.73 Å². The van der Waals surface area contributed by atoms with Gasteiger partial charge in [0.1, 0.15) is 0 Å². The molecule has 2 aromatic rings. The lowest BCUT2D eigenvalue weighted by Gasteiger charge is -2.15. The summed E-state index contributed by atoms with van der Waals surface area (Å²) >= 11 is 0. The van der Waals surface area contributed by atoms with Crippen LogP contribution in [0.5, 0.6) is 0 Å². The van der Waals surface area contributed by atoms with Gasteiger partial charge in [0, 0.05) is 29.7 Å². The topological polar surface area (TPSA) is 30.9 Å². The van der Waals surface area contributed by atoms with E-state index in [9.17, 15) is 0 Å². The summed E-state index contributed by atoms with van der Waals surface area (Å²) in [6, 6.07) is 8.62. The van der Waals surface area contributed by atoms with Crippen molar-refractivity contribution in [1.82, 2.24) is 4.57 Å². The summed E-state index contributed by atoms with van der Waals surface area (Å²) in [5.41, 5.74) is 9.12. The normalized spacial score (nSPS) is 19.5. The molecule has 3 rings (SSSR count). The summed E-state index contributed by atoms with van der Waals surface area (Å²) in [7, 11) is 2.12. The predicted molar refractivity (Wildman–Crippen MR) is 72.1 cm³/mol. The van der Waals surface area contributed by atoms with E-state index in [0.717, 1.165) is 6.42 Å². The molecule has 2 N–H and O–H groups in total. The third kappa shape index (κ3) is 1.87. The van der Waals surface area contributed by atoms with Crippen LogP contribution in [0.3, 0.4) is 0 Å². The van der Waals surface area contributed by atoms with Crippen molar-refractivity contribution in [2.45, 2.75) is 37.6 Å². The van der Waals surface area contributed by atoms with E-state index < -0.39 is 0 Å². The summed E-state index contributed by atoms with van der Waals surface area (Å²) in [5, 5.41) is 1.38. The molecule has 1 unspecified atom stereocenters. The van der Waals surface area contributed by atoms with Crippen LogP contribution in [0, 0.1) is 0 Å². The molecule has 0 saturated heterocycles. The zero-order valence-electron chi connectivity index (χ0n) is 10.6. The number of benzene rings is 1. The summed E-state index contributed by atoms with van der Waals surface area (Å²) in [6.45, 7) is 2.30. The Hall–Kier alpha value is -1.28. The molecule has 1 aliphatic rings. The first kappa shape index (κ1) is 10.8. The molecule has 90 valence electrons. The zero-order chi connectivity index (χ0) is 12.0. The van der Waals surface area contributed by atoms with Gasteiger partial charge in [0.2, 0.25) is 0 Å². The van der Waals surface area contributed by atoms with Crippen molar-refractivity contribution in [3.8, 4) is 0 Å².